The van der Waals surface area contributed by atoms with Crippen LogP contribution in [-0.2, 0) is 18.3 Å². The first-order valence-corrected chi connectivity index (χ1v) is 11.1. The van der Waals surface area contributed by atoms with E-state index in [0.717, 1.165) is 60.8 Å². The topological polar surface area (TPSA) is 87.5 Å². The van der Waals surface area contributed by atoms with Crippen molar-refractivity contribution in [2.75, 3.05) is 43.0 Å². The maximum absolute atomic E-state index is 12.6. The molecule has 3 aromatic rings. The summed E-state index contributed by atoms with van der Waals surface area (Å²) in [6.07, 6.45) is 10.2. The van der Waals surface area contributed by atoms with Gasteiger partial charge in [-0.3, -0.25) is 24.2 Å². The molecule has 0 saturated carbocycles. The lowest BCUT2D eigenvalue weighted by atomic mass is 9.72. The van der Waals surface area contributed by atoms with Gasteiger partial charge in [-0.2, -0.15) is 5.10 Å². The van der Waals surface area contributed by atoms with Gasteiger partial charge in [-0.1, -0.05) is 0 Å². The minimum Gasteiger partial charge on any atom is -0.369 e. The molecule has 0 bridgehead atoms. The molecule has 9 nitrogen and oxygen atoms in total. The number of anilines is 2. The normalized spacial score (nSPS) is 18.7. The van der Waals surface area contributed by atoms with Crippen LogP contribution >= 0.6 is 0 Å². The van der Waals surface area contributed by atoms with Crippen LogP contribution in [-0.4, -0.2) is 69.7 Å². The molecule has 33 heavy (non-hydrogen) atoms. The third kappa shape index (κ3) is 3.26. The maximum atomic E-state index is 12.6. The molecule has 0 radical (unpaired) electrons. The number of carbonyl (C=O) groups is 2. The molecule has 3 aliphatic heterocycles. The molecule has 2 saturated heterocycles. The first kappa shape index (κ1) is 19.9. The van der Waals surface area contributed by atoms with Crippen LogP contribution in [0.3, 0.4) is 0 Å². The van der Waals surface area contributed by atoms with E-state index in [4.69, 9.17) is 0 Å². The van der Waals surface area contributed by atoms with Gasteiger partial charge in [0.2, 0.25) is 5.91 Å². The third-order valence-corrected chi connectivity index (χ3v) is 7.01. The maximum Gasteiger partial charge on any atom is 0.257 e. The van der Waals surface area contributed by atoms with Gasteiger partial charge >= 0.3 is 0 Å². The summed E-state index contributed by atoms with van der Waals surface area (Å²) in [7, 11) is 3.60. The summed E-state index contributed by atoms with van der Waals surface area (Å²) in [5, 5.41) is 4.10. The fourth-order valence-electron chi connectivity index (χ4n) is 5.20. The molecule has 0 N–H and O–H groups in total. The number of aromatic nitrogens is 4. The van der Waals surface area contributed by atoms with Crippen molar-refractivity contribution in [2.45, 2.75) is 12.8 Å². The van der Waals surface area contributed by atoms with Crippen LogP contribution < -0.4 is 9.80 Å². The predicted molar refractivity (Wildman–Crippen MR) is 123 cm³/mol. The van der Waals surface area contributed by atoms with E-state index in [-0.39, 0.29) is 17.2 Å². The summed E-state index contributed by atoms with van der Waals surface area (Å²) < 4.78 is 1.66. The Bertz CT molecular complexity index is 1270. The lowest BCUT2D eigenvalue weighted by molar-refractivity contribution is -0.118. The summed E-state index contributed by atoms with van der Waals surface area (Å²) in [6.45, 7) is 3.41. The van der Waals surface area contributed by atoms with Crippen molar-refractivity contribution in [2.24, 2.45) is 12.5 Å². The molecule has 168 valence electrons. The zero-order valence-electron chi connectivity index (χ0n) is 18.7. The number of hydrogen-bond donors (Lipinski definition) is 0. The summed E-state index contributed by atoms with van der Waals surface area (Å²) in [5.41, 5.74) is 5.03. The Balaban J connectivity index is 1.13. The van der Waals surface area contributed by atoms with Crippen LogP contribution in [0.25, 0.3) is 11.1 Å². The SMILES string of the molecule is CN1C(=O)CCc2cc(-c3cncc(N4CC5(CN(C(=O)c6cnn(C)c6)C5)C4)c3)cnc21. The number of hydrogen-bond acceptors (Lipinski definition) is 6. The van der Waals surface area contributed by atoms with Gasteiger partial charge in [-0.15, -0.1) is 0 Å². The molecular weight excluding hydrogens is 418 g/mol. The Morgan fingerprint density at radius 1 is 0.970 bits per heavy atom. The van der Waals surface area contributed by atoms with E-state index in [1.807, 2.05) is 30.5 Å². The van der Waals surface area contributed by atoms with Crippen LogP contribution in [0.5, 0.6) is 0 Å². The van der Waals surface area contributed by atoms with Gasteiger partial charge in [0.15, 0.2) is 0 Å². The van der Waals surface area contributed by atoms with Crippen molar-refractivity contribution in [1.29, 1.82) is 0 Å². The van der Waals surface area contributed by atoms with Crippen molar-refractivity contribution in [3.05, 3.63) is 54.2 Å². The minimum absolute atomic E-state index is 0.0584. The average molecular weight is 444 g/mol. The zero-order valence-corrected chi connectivity index (χ0v) is 18.7. The van der Waals surface area contributed by atoms with Crippen molar-refractivity contribution < 1.29 is 9.59 Å². The highest BCUT2D eigenvalue weighted by atomic mass is 16.2. The Kier molecular flexibility index (Phi) is 4.30. The van der Waals surface area contributed by atoms with E-state index in [2.05, 4.69) is 32.1 Å². The number of pyridine rings is 2. The molecule has 3 aliphatic rings. The van der Waals surface area contributed by atoms with Crippen LogP contribution in [0, 0.1) is 5.41 Å². The number of aryl methyl sites for hydroxylation is 2. The summed E-state index contributed by atoms with van der Waals surface area (Å²) in [5.74, 6) is 0.914. The van der Waals surface area contributed by atoms with Crippen molar-refractivity contribution in [1.82, 2.24) is 24.6 Å². The van der Waals surface area contributed by atoms with Gasteiger partial charge < -0.3 is 9.80 Å². The molecule has 0 aromatic carbocycles. The second-order valence-electron chi connectivity index (χ2n) is 9.51. The Labute approximate surface area is 191 Å². The molecule has 6 heterocycles. The smallest absolute Gasteiger partial charge is 0.257 e. The monoisotopic (exact) mass is 443 g/mol. The Morgan fingerprint density at radius 3 is 2.52 bits per heavy atom. The lowest BCUT2D eigenvalue weighted by Gasteiger charge is -2.60. The number of rotatable bonds is 3. The van der Waals surface area contributed by atoms with E-state index in [9.17, 15) is 9.59 Å². The molecule has 9 heteroatoms. The van der Waals surface area contributed by atoms with Crippen LogP contribution in [0.2, 0.25) is 0 Å². The molecule has 2 fully saturated rings. The second-order valence-corrected chi connectivity index (χ2v) is 9.51. The summed E-state index contributed by atoms with van der Waals surface area (Å²) in [6, 6.07) is 4.27. The minimum atomic E-state index is 0.0584. The van der Waals surface area contributed by atoms with Gasteiger partial charge in [-0.05, 0) is 24.1 Å². The quantitative estimate of drug-likeness (QED) is 0.613. The van der Waals surface area contributed by atoms with Crippen LogP contribution in [0.15, 0.2) is 43.1 Å². The fraction of sp³-hybridized carbons (Fsp3) is 0.375. The van der Waals surface area contributed by atoms with E-state index >= 15 is 0 Å². The molecular formula is C24H25N7O2. The second kappa shape index (κ2) is 7.13. The highest BCUT2D eigenvalue weighted by molar-refractivity contribution is 5.95. The van der Waals surface area contributed by atoms with Gasteiger partial charge in [0.25, 0.3) is 5.91 Å². The van der Waals surface area contributed by atoms with Crippen molar-refractivity contribution in [3.63, 3.8) is 0 Å². The van der Waals surface area contributed by atoms with E-state index in [0.29, 0.717) is 12.0 Å². The molecule has 0 unspecified atom stereocenters. The number of likely N-dealkylation sites (tertiary alicyclic amines) is 1. The predicted octanol–water partition coefficient (Wildman–Crippen LogP) is 1.75. The van der Waals surface area contributed by atoms with Crippen LogP contribution in [0.1, 0.15) is 22.3 Å². The number of amides is 2. The van der Waals surface area contributed by atoms with Crippen LogP contribution in [0.4, 0.5) is 11.5 Å². The zero-order chi connectivity index (χ0) is 22.7. The number of carbonyl (C=O) groups excluding carboxylic acids is 2. The van der Waals surface area contributed by atoms with Crippen molar-refractivity contribution >= 4 is 23.3 Å². The average Bonchev–Trinajstić information content (AvgIpc) is 3.20. The molecule has 0 aliphatic carbocycles. The van der Waals surface area contributed by atoms with Gasteiger partial charge in [0, 0.05) is 81.8 Å². The highest BCUT2D eigenvalue weighted by Gasteiger charge is 2.53. The number of nitrogens with zero attached hydrogens (tertiary/aromatic N) is 7. The Morgan fingerprint density at radius 2 is 1.76 bits per heavy atom. The van der Waals surface area contributed by atoms with Gasteiger partial charge in [0.05, 0.1) is 23.6 Å². The van der Waals surface area contributed by atoms with E-state index in [1.165, 1.54) is 0 Å². The van der Waals surface area contributed by atoms with Gasteiger partial charge in [-0.25, -0.2) is 4.98 Å². The Hall–Kier alpha value is -3.75. The standard InChI is InChI=1S/C24H25N7O2/c1-28-11-19(9-27-28)23(33)31-14-24(15-31)12-30(13-24)20-6-18(7-25-10-20)17-5-16-3-4-21(32)29(2)22(16)26-8-17/h5-11H,3-4,12-15H2,1-2H3. The van der Waals surface area contributed by atoms with E-state index in [1.54, 1.807) is 29.0 Å². The summed E-state index contributed by atoms with van der Waals surface area (Å²) in [4.78, 5) is 39.4. The van der Waals surface area contributed by atoms with Crippen molar-refractivity contribution in [3.8, 4) is 11.1 Å². The first-order valence-electron chi connectivity index (χ1n) is 11.1. The highest BCUT2D eigenvalue weighted by Crippen LogP contribution is 2.43. The largest absolute Gasteiger partial charge is 0.369 e. The lowest BCUT2D eigenvalue weighted by Crippen LogP contribution is -2.73. The van der Waals surface area contributed by atoms with E-state index < -0.39 is 0 Å². The fourth-order valence-corrected chi connectivity index (χ4v) is 5.20. The first-order chi connectivity index (χ1) is 15.9. The third-order valence-electron chi connectivity index (χ3n) is 7.01. The molecule has 6 rings (SSSR count). The number of fused-ring (bicyclic) bond motifs is 1. The summed E-state index contributed by atoms with van der Waals surface area (Å²) >= 11 is 0. The molecule has 3 aromatic heterocycles. The molecule has 0 atom stereocenters. The van der Waals surface area contributed by atoms with Gasteiger partial charge in [0.1, 0.15) is 5.82 Å². The molecule has 2 amide bonds. The molecule has 1 spiro atoms.